The fourth-order valence-electron chi connectivity index (χ4n) is 4.15. The molecule has 0 saturated heterocycles. The summed E-state index contributed by atoms with van der Waals surface area (Å²) in [6.07, 6.45) is -4.31. The smallest absolute Gasteiger partial charge is 0.352 e. The first kappa shape index (κ1) is 35.5. The van der Waals surface area contributed by atoms with E-state index in [0.717, 1.165) is 22.6 Å². The van der Waals surface area contributed by atoms with E-state index < -0.39 is 56.9 Å². The molecule has 0 bridgehead atoms. The van der Waals surface area contributed by atoms with Crippen molar-refractivity contribution in [3.8, 4) is 0 Å². The Morgan fingerprint density at radius 3 is 2.07 bits per heavy atom. The molecule has 0 aliphatic rings. The van der Waals surface area contributed by atoms with Crippen LogP contribution in [-0.2, 0) is 32.3 Å². The van der Waals surface area contributed by atoms with Crippen LogP contribution in [0, 0.1) is 6.92 Å². The maximum atomic E-state index is 14.0. The number of benzene rings is 3. The van der Waals surface area contributed by atoms with Crippen molar-refractivity contribution < 1.29 is 31.2 Å². The van der Waals surface area contributed by atoms with Crippen LogP contribution in [0.2, 0.25) is 15.1 Å². The van der Waals surface area contributed by atoms with Gasteiger partial charge < -0.3 is 10.2 Å². The highest BCUT2D eigenvalue weighted by Crippen LogP contribution is 2.38. The third-order valence-corrected chi connectivity index (χ3v) is 9.82. The summed E-state index contributed by atoms with van der Waals surface area (Å²) in [6, 6.07) is 11.4. The fraction of sp³-hybridized carbons (Fsp3) is 0.333. The van der Waals surface area contributed by atoms with Crippen molar-refractivity contribution in [2.24, 2.45) is 0 Å². The van der Waals surface area contributed by atoms with E-state index in [1.165, 1.54) is 43.3 Å². The highest BCUT2D eigenvalue weighted by molar-refractivity contribution is 7.92. The second kappa shape index (κ2) is 14.4. The number of aryl methyl sites for hydroxylation is 1. The number of carbonyl (C=O) groups is 2. The zero-order valence-electron chi connectivity index (χ0n) is 24.3. The van der Waals surface area contributed by atoms with E-state index in [1.54, 1.807) is 19.9 Å². The van der Waals surface area contributed by atoms with Crippen LogP contribution in [0.5, 0.6) is 0 Å². The lowest BCUT2D eigenvalue weighted by atomic mass is 10.1. The van der Waals surface area contributed by atoms with E-state index in [1.807, 2.05) is 6.92 Å². The number of alkyl halides is 3. The average Bonchev–Trinajstić information content (AvgIpc) is 2.95. The number of sulfonamides is 1. The number of anilines is 1. The Hall–Kier alpha value is -2.99. The average molecular weight is 693 g/mol. The summed E-state index contributed by atoms with van der Waals surface area (Å²) in [6.45, 7) is 5.56. The van der Waals surface area contributed by atoms with Gasteiger partial charge in [-0.25, -0.2) is 8.42 Å². The highest BCUT2D eigenvalue weighted by atomic mass is 35.5. The van der Waals surface area contributed by atoms with Gasteiger partial charge in [0.1, 0.15) is 12.6 Å². The van der Waals surface area contributed by atoms with Gasteiger partial charge in [0.2, 0.25) is 11.8 Å². The summed E-state index contributed by atoms with van der Waals surface area (Å²) in [4.78, 5) is 28.0. The van der Waals surface area contributed by atoms with Crippen molar-refractivity contribution in [3.63, 3.8) is 0 Å². The molecule has 7 nitrogen and oxygen atoms in total. The molecule has 44 heavy (non-hydrogen) atoms. The van der Waals surface area contributed by atoms with Crippen LogP contribution in [0.15, 0.2) is 65.6 Å². The number of hydrogen-bond acceptors (Lipinski definition) is 4. The van der Waals surface area contributed by atoms with Gasteiger partial charge in [0.25, 0.3) is 10.0 Å². The van der Waals surface area contributed by atoms with E-state index in [0.29, 0.717) is 22.4 Å². The number of nitrogens with zero attached hydrogens (tertiary/aromatic N) is 2. The fourth-order valence-corrected chi connectivity index (χ4v) is 6.30. The molecule has 0 radical (unpaired) electrons. The van der Waals surface area contributed by atoms with E-state index in [4.69, 9.17) is 34.8 Å². The zero-order valence-corrected chi connectivity index (χ0v) is 27.3. The first-order valence-electron chi connectivity index (χ1n) is 13.5. The Bertz CT molecular complexity index is 1600. The minimum Gasteiger partial charge on any atom is -0.352 e. The van der Waals surface area contributed by atoms with Crippen molar-refractivity contribution in [1.82, 2.24) is 10.2 Å². The second-order valence-electron chi connectivity index (χ2n) is 10.2. The van der Waals surface area contributed by atoms with E-state index >= 15 is 0 Å². The Labute approximate surface area is 269 Å². The minimum absolute atomic E-state index is 0.196. The topological polar surface area (TPSA) is 86.8 Å². The van der Waals surface area contributed by atoms with Gasteiger partial charge in [-0.1, -0.05) is 65.5 Å². The standard InChI is InChI=1S/C30H31Cl3F3N3O4S/c1-5-19(3)37-29(41)20(4)38(16-23-25(31)7-6-8-26(23)32)28(40)17-39(44(42,43)22-12-9-18(2)10-13-22)21-11-14-27(33)24(15-21)30(34,35)36/h6-15,19-20H,5,16-17H2,1-4H3,(H,37,41). The Kier molecular flexibility index (Phi) is 11.6. The van der Waals surface area contributed by atoms with Crippen LogP contribution >= 0.6 is 34.8 Å². The van der Waals surface area contributed by atoms with Crippen molar-refractivity contribution >= 4 is 62.3 Å². The number of carbonyl (C=O) groups excluding carboxylic acids is 2. The second-order valence-corrected chi connectivity index (χ2v) is 13.3. The van der Waals surface area contributed by atoms with Crippen LogP contribution in [0.1, 0.15) is 43.9 Å². The number of amides is 2. The van der Waals surface area contributed by atoms with Crippen LogP contribution in [0.25, 0.3) is 0 Å². The first-order valence-corrected chi connectivity index (χ1v) is 16.0. The lowest BCUT2D eigenvalue weighted by Crippen LogP contribution is -2.52. The van der Waals surface area contributed by atoms with Crippen molar-refractivity contribution in [3.05, 3.63) is 92.4 Å². The number of hydrogen-bond donors (Lipinski definition) is 1. The molecular formula is C30H31Cl3F3N3O4S. The van der Waals surface area contributed by atoms with Gasteiger partial charge in [0, 0.05) is 28.2 Å². The highest BCUT2D eigenvalue weighted by Gasteiger charge is 2.37. The van der Waals surface area contributed by atoms with E-state index in [9.17, 15) is 31.2 Å². The molecule has 0 spiro atoms. The number of halogens is 6. The summed E-state index contributed by atoms with van der Waals surface area (Å²) >= 11 is 18.5. The van der Waals surface area contributed by atoms with Gasteiger partial charge in [-0.2, -0.15) is 13.2 Å². The monoisotopic (exact) mass is 691 g/mol. The molecule has 2 amide bonds. The maximum absolute atomic E-state index is 14.0. The van der Waals surface area contributed by atoms with Gasteiger partial charge in [-0.3, -0.25) is 13.9 Å². The maximum Gasteiger partial charge on any atom is 0.417 e. The van der Waals surface area contributed by atoms with Gasteiger partial charge in [-0.15, -0.1) is 0 Å². The quantitative estimate of drug-likeness (QED) is 0.226. The molecule has 3 aromatic rings. The predicted molar refractivity (Wildman–Crippen MR) is 167 cm³/mol. The molecule has 238 valence electrons. The summed E-state index contributed by atoms with van der Waals surface area (Å²) in [5.41, 5.74) is -0.704. The summed E-state index contributed by atoms with van der Waals surface area (Å²) in [7, 11) is -4.61. The molecule has 1 N–H and O–H groups in total. The largest absolute Gasteiger partial charge is 0.417 e. The van der Waals surface area contributed by atoms with E-state index in [2.05, 4.69) is 5.32 Å². The van der Waals surface area contributed by atoms with Gasteiger partial charge in [0.05, 0.1) is 21.2 Å². The number of nitrogens with one attached hydrogen (secondary N) is 1. The zero-order chi connectivity index (χ0) is 33.0. The molecule has 3 rings (SSSR count). The third kappa shape index (κ3) is 8.38. The van der Waals surface area contributed by atoms with E-state index in [-0.39, 0.29) is 27.5 Å². The van der Waals surface area contributed by atoms with Crippen LogP contribution in [-0.4, -0.2) is 43.8 Å². The Balaban J connectivity index is 2.16. The molecule has 0 aromatic heterocycles. The van der Waals surface area contributed by atoms with Crippen LogP contribution < -0.4 is 9.62 Å². The molecule has 2 unspecified atom stereocenters. The number of rotatable bonds is 11. The van der Waals surface area contributed by atoms with Crippen LogP contribution in [0.3, 0.4) is 0 Å². The summed E-state index contributed by atoms with van der Waals surface area (Å²) in [5.74, 6) is -1.43. The van der Waals surface area contributed by atoms with Gasteiger partial charge >= 0.3 is 6.18 Å². The normalized spacial score (nSPS) is 13.2. The van der Waals surface area contributed by atoms with Crippen molar-refractivity contribution in [2.75, 3.05) is 10.8 Å². The molecule has 2 atom stereocenters. The van der Waals surface area contributed by atoms with Gasteiger partial charge in [0.15, 0.2) is 0 Å². The molecule has 0 aliphatic carbocycles. The summed E-state index contributed by atoms with van der Waals surface area (Å²) < 4.78 is 69.8. The predicted octanol–water partition coefficient (Wildman–Crippen LogP) is 7.50. The third-order valence-electron chi connectivity index (χ3n) is 6.99. The molecule has 0 fully saturated rings. The molecule has 3 aromatic carbocycles. The Morgan fingerprint density at radius 1 is 0.932 bits per heavy atom. The molecular weight excluding hydrogens is 662 g/mol. The molecule has 0 aliphatic heterocycles. The lowest BCUT2D eigenvalue weighted by Gasteiger charge is -2.33. The van der Waals surface area contributed by atoms with Gasteiger partial charge in [-0.05, 0) is 69.7 Å². The summed E-state index contributed by atoms with van der Waals surface area (Å²) in [5, 5.41) is 2.53. The molecule has 0 heterocycles. The molecule has 0 saturated carbocycles. The Morgan fingerprint density at radius 2 is 1.52 bits per heavy atom. The minimum atomic E-state index is -4.91. The van der Waals surface area contributed by atoms with Crippen LogP contribution in [0.4, 0.5) is 18.9 Å². The molecule has 14 heteroatoms. The van der Waals surface area contributed by atoms with Crippen molar-refractivity contribution in [1.29, 1.82) is 0 Å². The SMILES string of the molecule is CCC(C)NC(=O)C(C)N(Cc1c(Cl)cccc1Cl)C(=O)CN(c1ccc(Cl)c(C(F)(F)F)c1)S(=O)(=O)c1ccc(C)cc1. The first-order chi connectivity index (χ1) is 20.5. The van der Waals surface area contributed by atoms with Crippen molar-refractivity contribution in [2.45, 2.75) is 63.8 Å². The lowest BCUT2D eigenvalue weighted by molar-refractivity contribution is -0.139.